The summed E-state index contributed by atoms with van der Waals surface area (Å²) in [6.07, 6.45) is 3.11. The third-order valence-electron chi connectivity index (χ3n) is 4.22. The first-order valence-corrected chi connectivity index (χ1v) is 9.18. The zero-order valence-electron chi connectivity index (χ0n) is 12.7. The average Bonchev–Trinajstić information content (AvgIpc) is 3.06. The van der Waals surface area contributed by atoms with Crippen LogP contribution in [0.1, 0.15) is 29.7 Å². The number of fused-ring (bicyclic) bond motifs is 1. The third-order valence-corrected chi connectivity index (χ3v) is 5.97. The summed E-state index contributed by atoms with van der Waals surface area (Å²) in [4.78, 5) is 18.7. The maximum absolute atomic E-state index is 12.7. The highest BCUT2D eigenvalue weighted by Gasteiger charge is 2.34. The van der Waals surface area contributed by atoms with Crippen LogP contribution in [0.3, 0.4) is 0 Å². The fraction of sp³-hybridized carbons (Fsp3) is 0.467. The largest absolute Gasteiger partial charge is 0.336 e. The summed E-state index contributed by atoms with van der Waals surface area (Å²) in [5.74, 6) is 0.804. The van der Waals surface area contributed by atoms with Crippen molar-refractivity contribution in [3.8, 4) is 0 Å². The molecule has 0 radical (unpaired) electrons. The molecule has 1 saturated heterocycles. The maximum atomic E-state index is 12.7. The smallest absolute Gasteiger partial charge is 0.274 e. The molecule has 1 atom stereocenters. The molecule has 1 aliphatic heterocycles. The Morgan fingerprint density at radius 2 is 2.23 bits per heavy atom. The van der Waals surface area contributed by atoms with E-state index in [0.717, 1.165) is 17.8 Å². The second-order valence-corrected chi connectivity index (χ2v) is 7.89. The fourth-order valence-corrected chi connectivity index (χ4v) is 4.70. The van der Waals surface area contributed by atoms with Crippen molar-refractivity contribution in [2.75, 3.05) is 18.6 Å². The highest BCUT2D eigenvalue weighted by Crippen LogP contribution is 2.21. The summed E-state index contributed by atoms with van der Waals surface area (Å²) in [7, 11) is -1.36. The molecule has 0 spiro atoms. The second-order valence-electron chi connectivity index (χ2n) is 5.66. The SMILES string of the molecule is CCc1nc(C(=O)N(C)C2CCS(=O)(=O)C2)c2ccccn12. The number of pyridine rings is 1. The lowest BCUT2D eigenvalue weighted by Crippen LogP contribution is -2.38. The van der Waals surface area contributed by atoms with Gasteiger partial charge in [-0.25, -0.2) is 13.4 Å². The number of aromatic nitrogens is 2. The van der Waals surface area contributed by atoms with Gasteiger partial charge >= 0.3 is 0 Å². The predicted octanol–water partition coefficient (Wildman–Crippen LogP) is 1.16. The van der Waals surface area contributed by atoms with Gasteiger partial charge in [0.25, 0.3) is 5.91 Å². The van der Waals surface area contributed by atoms with Crippen molar-refractivity contribution in [1.29, 1.82) is 0 Å². The lowest BCUT2D eigenvalue weighted by molar-refractivity contribution is 0.0744. The van der Waals surface area contributed by atoms with Gasteiger partial charge in [-0.05, 0) is 18.6 Å². The first-order chi connectivity index (χ1) is 10.4. The standard InChI is InChI=1S/C15H19N3O3S/c1-3-13-16-14(12-6-4-5-8-18(12)13)15(19)17(2)11-7-9-22(20,21)10-11/h4-6,8,11H,3,7,9-10H2,1-2H3. The summed E-state index contributed by atoms with van der Waals surface area (Å²) in [6.45, 7) is 1.99. The van der Waals surface area contributed by atoms with E-state index < -0.39 is 9.84 Å². The second kappa shape index (κ2) is 5.39. The van der Waals surface area contributed by atoms with Crippen molar-refractivity contribution in [1.82, 2.24) is 14.3 Å². The van der Waals surface area contributed by atoms with Gasteiger partial charge in [0, 0.05) is 25.7 Å². The van der Waals surface area contributed by atoms with E-state index in [1.165, 1.54) is 4.90 Å². The van der Waals surface area contributed by atoms with Gasteiger partial charge in [-0.3, -0.25) is 4.79 Å². The summed E-state index contributed by atoms with van der Waals surface area (Å²) in [6, 6.07) is 5.37. The monoisotopic (exact) mass is 321 g/mol. The molecule has 0 saturated carbocycles. The van der Waals surface area contributed by atoms with Crippen molar-refractivity contribution in [3.63, 3.8) is 0 Å². The molecule has 1 unspecified atom stereocenters. The predicted molar refractivity (Wildman–Crippen MR) is 83.7 cm³/mol. The van der Waals surface area contributed by atoms with Crippen LogP contribution in [0.2, 0.25) is 0 Å². The van der Waals surface area contributed by atoms with Crippen LogP contribution in [0, 0.1) is 0 Å². The van der Waals surface area contributed by atoms with Gasteiger partial charge in [0.15, 0.2) is 15.5 Å². The lowest BCUT2D eigenvalue weighted by atomic mass is 10.2. The molecular formula is C15H19N3O3S. The van der Waals surface area contributed by atoms with Crippen molar-refractivity contribution >= 4 is 21.3 Å². The molecule has 1 amide bonds. The maximum Gasteiger partial charge on any atom is 0.274 e. The van der Waals surface area contributed by atoms with Crippen molar-refractivity contribution in [2.45, 2.75) is 25.8 Å². The van der Waals surface area contributed by atoms with Gasteiger partial charge < -0.3 is 9.30 Å². The van der Waals surface area contributed by atoms with E-state index in [9.17, 15) is 13.2 Å². The Kier molecular flexibility index (Phi) is 3.68. The number of sulfone groups is 1. The van der Waals surface area contributed by atoms with Crippen LogP contribution >= 0.6 is 0 Å². The van der Waals surface area contributed by atoms with Crippen LogP contribution in [0.5, 0.6) is 0 Å². The van der Waals surface area contributed by atoms with Crippen LogP contribution in [-0.4, -0.2) is 53.2 Å². The van der Waals surface area contributed by atoms with Crippen molar-refractivity contribution < 1.29 is 13.2 Å². The van der Waals surface area contributed by atoms with E-state index in [1.807, 2.05) is 35.7 Å². The minimum absolute atomic E-state index is 0.0433. The molecule has 3 heterocycles. The van der Waals surface area contributed by atoms with Crippen molar-refractivity contribution in [3.05, 3.63) is 35.9 Å². The van der Waals surface area contributed by atoms with E-state index >= 15 is 0 Å². The zero-order chi connectivity index (χ0) is 15.9. The summed E-state index contributed by atoms with van der Waals surface area (Å²) in [5, 5.41) is 0. The molecule has 2 aromatic heterocycles. The van der Waals surface area contributed by atoms with E-state index in [1.54, 1.807) is 7.05 Å². The van der Waals surface area contributed by atoms with Crippen LogP contribution in [0.25, 0.3) is 5.52 Å². The van der Waals surface area contributed by atoms with E-state index in [2.05, 4.69) is 4.98 Å². The molecule has 0 N–H and O–H groups in total. The van der Waals surface area contributed by atoms with Crippen LogP contribution < -0.4 is 0 Å². The number of rotatable bonds is 3. The number of hydrogen-bond acceptors (Lipinski definition) is 4. The zero-order valence-corrected chi connectivity index (χ0v) is 13.5. The van der Waals surface area contributed by atoms with Crippen LogP contribution in [0.15, 0.2) is 24.4 Å². The van der Waals surface area contributed by atoms with E-state index in [-0.39, 0.29) is 23.5 Å². The Morgan fingerprint density at radius 3 is 2.86 bits per heavy atom. The summed E-state index contributed by atoms with van der Waals surface area (Å²) < 4.78 is 25.1. The van der Waals surface area contributed by atoms with E-state index in [0.29, 0.717) is 12.1 Å². The quantitative estimate of drug-likeness (QED) is 0.850. The summed E-state index contributed by atoms with van der Waals surface area (Å²) >= 11 is 0. The number of aryl methyl sites for hydroxylation is 1. The van der Waals surface area contributed by atoms with Gasteiger partial charge in [0.2, 0.25) is 0 Å². The van der Waals surface area contributed by atoms with E-state index in [4.69, 9.17) is 0 Å². The first-order valence-electron chi connectivity index (χ1n) is 7.36. The number of imidazole rings is 1. The highest BCUT2D eigenvalue weighted by atomic mass is 32.2. The average molecular weight is 321 g/mol. The Labute approximate surface area is 129 Å². The van der Waals surface area contributed by atoms with Gasteiger partial charge in [-0.15, -0.1) is 0 Å². The molecular weight excluding hydrogens is 302 g/mol. The number of hydrogen-bond donors (Lipinski definition) is 0. The fourth-order valence-electron chi connectivity index (χ4n) is 2.92. The van der Waals surface area contributed by atoms with Crippen LogP contribution in [-0.2, 0) is 16.3 Å². The third kappa shape index (κ3) is 2.49. The van der Waals surface area contributed by atoms with Gasteiger partial charge in [0.1, 0.15) is 5.82 Å². The van der Waals surface area contributed by atoms with Crippen molar-refractivity contribution in [2.24, 2.45) is 0 Å². The molecule has 3 rings (SSSR count). The Morgan fingerprint density at radius 1 is 1.45 bits per heavy atom. The van der Waals surface area contributed by atoms with Gasteiger partial charge in [-0.2, -0.15) is 0 Å². The topological polar surface area (TPSA) is 71.8 Å². The van der Waals surface area contributed by atoms with Crippen LogP contribution in [0.4, 0.5) is 0 Å². The molecule has 0 bridgehead atoms. The normalized spacial score (nSPS) is 20.4. The molecule has 0 aromatic carbocycles. The lowest BCUT2D eigenvalue weighted by Gasteiger charge is -2.22. The summed E-state index contributed by atoms with van der Waals surface area (Å²) in [5.41, 5.74) is 1.15. The minimum Gasteiger partial charge on any atom is -0.336 e. The number of carbonyl (C=O) groups is 1. The Bertz CT molecular complexity index is 826. The number of carbonyl (C=O) groups excluding carboxylic acids is 1. The Balaban J connectivity index is 1.96. The molecule has 1 fully saturated rings. The molecule has 118 valence electrons. The van der Waals surface area contributed by atoms with Gasteiger partial charge in [0.05, 0.1) is 17.0 Å². The number of nitrogens with zero attached hydrogens (tertiary/aromatic N) is 3. The molecule has 22 heavy (non-hydrogen) atoms. The molecule has 7 heteroatoms. The highest BCUT2D eigenvalue weighted by molar-refractivity contribution is 7.91. The molecule has 2 aromatic rings. The molecule has 6 nitrogen and oxygen atoms in total. The minimum atomic E-state index is -3.02. The number of amides is 1. The Hall–Kier alpha value is -1.89. The molecule has 1 aliphatic rings. The van der Waals surface area contributed by atoms with Gasteiger partial charge in [-0.1, -0.05) is 13.0 Å². The first kappa shape index (κ1) is 15.0. The molecule has 0 aliphatic carbocycles.